The molecule has 0 aromatic heterocycles. The first-order valence-corrected chi connectivity index (χ1v) is 12.3. The number of phenolic OH excluding ortho intramolecular Hbond substituents is 1. The van der Waals surface area contributed by atoms with Gasteiger partial charge in [-0.2, -0.15) is 5.26 Å². The number of benzene rings is 3. The van der Waals surface area contributed by atoms with Crippen LogP contribution >= 0.6 is 0 Å². The van der Waals surface area contributed by atoms with Crippen molar-refractivity contribution in [1.29, 1.82) is 5.26 Å². The number of carboxylic acid groups (broad SMARTS) is 1. The molecule has 0 radical (unpaired) electrons. The summed E-state index contributed by atoms with van der Waals surface area (Å²) < 4.78 is 74.1. The number of nitriles is 1. The highest BCUT2D eigenvalue weighted by atomic mass is 32.2. The molecule has 0 saturated heterocycles. The first kappa shape index (κ1) is 27.5. The molecule has 0 bridgehead atoms. The smallest absolute Gasteiger partial charge is 0.344 e. The van der Waals surface area contributed by atoms with E-state index in [1.54, 1.807) is 13.0 Å². The van der Waals surface area contributed by atoms with Crippen LogP contribution in [-0.2, 0) is 21.2 Å². The zero-order valence-corrected chi connectivity index (χ0v) is 20.2. The fraction of sp³-hybridized carbons (Fsp3) is 0.200. The number of sulfonamides is 1. The van der Waals surface area contributed by atoms with Crippen LogP contribution in [0.4, 0.5) is 13.2 Å². The Hall–Kier alpha value is -4.08. The quantitative estimate of drug-likeness (QED) is 0.333. The van der Waals surface area contributed by atoms with E-state index in [1.165, 1.54) is 24.3 Å². The van der Waals surface area contributed by atoms with Crippen molar-refractivity contribution in [2.24, 2.45) is 0 Å². The molecular formula is C25H21F3N2O6S. The van der Waals surface area contributed by atoms with E-state index in [9.17, 15) is 36.6 Å². The molecule has 194 valence electrons. The summed E-state index contributed by atoms with van der Waals surface area (Å²) in [5.41, 5.74) is 0.571. The summed E-state index contributed by atoms with van der Waals surface area (Å²) in [4.78, 5) is 11.0. The maximum absolute atomic E-state index is 13.7. The molecule has 12 heteroatoms. The number of rotatable bonds is 10. The molecule has 0 amide bonds. The van der Waals surface area contributed by atoms with E-state index in [0.717, 1.165) is 24.3 Å². The van der Waals surface area contributed by atoms with Crippen molar-refractivity contribution in [3.8, 4) is 28.7 Å². The van der Waals surface area contributed by atoms with Gasteiger partial charge in [0, 0.05) is 6.54 Å². The molecule has 1 unspecified atom stereocenters. The van der Waals surface area contributed by atoms with Crippen molar-refractivity contribution in [2.75, 3.05) is 6.54 Å². The van der Waals surface area contributed by atoms with Gasteiger partial charge in [-0.1, -0.05) is 19.1 Å². The monoisotopic (exact) mass is 534 g/mol. The van der Waals surface area contributed by atoms with Gasteiger partial charge in [0.05, 0.1) is 11.6 Å². The molecular weight excluding hydrogens is 513 g/mol. The molecule has 3 aromatic rings. The van der Waals surface area contributed by atoms with Gasteiger partial charge in [0.15, 0.2) is 23.6 Å². The van der Waals surface area contributed by atoms with Crippen LogP contribution < -0.4 is 9.46 Å². The van der Waals surface area contributed by atoms with Crippen LogP contribution in [-0.4, -0.2) is 37.2 Å². The molecule has 0 aliphatic heterocycles. The van der Waals surface area contributed by atoms with Crippen molar-refractivity contribution in [3.05, 3.63) is 77.1 Å². The Morgan fingerprint density at radius 2 is 1.76 bits per heavy atom. The summed E-state index contributed by atoms with van der Waals surface area (Å²) >= 11 is 0. The third-order valence-electron chi connectivity index (χ3n) is 5.36. The second-order valence-electron chi connectivity index (χ2n) is 7.87. The lowest BCUT2D eigenvalue weighted by atomic mass is 10.0. The highest BCUT2D eigenvalue weighted by Gasteiger charge is 2.22. The Morgan fingerprint density at radius 1 is 1.08 bits per heavy atom. The first-order valence-electron chi connectivity index (χ1n) is 10.9. The maximum atomic E-state index is 13.7. The van der Waals surface area contributed by atoms with E-state index >= 15 is 0 Å². The molecule has 1 atom stereocenters. The highest BCUT2D eigenvalue weighted by molar-refractivity contribution is 7.89. The summed E-state index contributed by atoms with van der Waals surface area (Å²) in [5, 5.41) is 28.3. The average molecular weight is 535 g/mol. The highest BCUT2D eigenvalue weighted by Crippen LogP contribution is 2.31. The first-order chi connectivity index (χ1) is 17.5. The number of carbonyl (C=O) groups is 1. The van der Waals surface area contributed by atoms with Crippen LogP contribution in [0.5, 0.6) is 11.5 Å². The van der Waals surface area contributed by atoms with E-state index in [1.807, 2.05) is 0 Å². The summed E-state index contributed by atoms with van der Waals surface area (Å²) in [7, 11) is -4.22. The van der Waals surface area contributed by atoms with E-state index in [0.29, 0.717) is 5.56 Å². The van der Waals surface area contributed by atoms with Crippen molar-refractivity contribution in [3.63, 3.8) is 0 Å². The number of phenols is 1. The van der Waals surface area contributed by atoms with Crippen molar-refractivity contribution in [1.82, 2.24) is 4.72 Å². The van der Waals surface area contributed by atoms with Gasteiger partial charge < -0.3 is 14.9 Å². The number of carboxylic acids is 1. The number of ether oxygens (including phenoxy) is 1. The van der Waals surface area contributed by atoms with Gasteiger partial charge in [-0.15, -0.1) is 0 Å². The lowest BCUT2D eigenvalue weighted by molar-refractivity contribution is -0.145. The van der Waals surface area contributed by atoms with Crippen LogP contribution in [0.2, 0.25) is 0 Å². The van der Waals surface area contributed by atoms with E-state index in [-0.39, 0.29) is 41.8 Å². The van der Waals surface area contributed by atoms with Crippen molar-refractivity contribution >= 4 is 16.0 Å². The zero-order valence-electron chi connectivity index (χ0n) is 19.3. The summed E-state index contributed by atoms with van der Waals surface area (Å²) in [6.07, 6.45) is -1.19. The molecule has 0 aliphatic carbocycles. The molecule has 3 rings (SSSR count). The number of hydrogen-bond donors (Lipinski definition) is 3. The summed E-state index contributed by atoms with van der Waals surface area (Å²) in [6.45, 7) is 1.36. The largest absolute Gasteiger partial charge is 0.507 e. The molecule has 0 fully saturated rings. The molecule has 37 heavy (non-hydrogen) atoms. The predicted octanol–water partition coefficient (Wildman–Crippen LogP) is 4.11. The zero-order chi connectivity index (χ0) is 27.3. The van der Waals surface area contributed by atoms with E-state index < -0.39 is 50.2 Å². The molecule has 3 aromatic carbocycles. The second kappa shape index (κ2) is 11.3. The molecule has 8 nitrogen and oxygen atoms in total. The summed E-state index contributed by atoms with van der Waals surface area (Å²) in [5.74, 6) is -6.23. The number of aliphatic carboxylic acids is 1. The van der Waals surface area contributed by atoms with Crippen LogP contribution in [0.1, 0.15) is 24.5 Å². The van der Waals surface area contributed by atoms with Gasteiger partial charge in [-0.05, 0) is 65.9 Å². The lowest BCUT2D eigenvalue weighted by Gasteiger charge is -2.18. The number of hydrogen-bond acceptors (Lipinski definition) is 6. The van der Waals surface area contributed by atoms with Gasteiger partial charge >= 0.3 is 5.97 Å². The maximum Gasteiger partial charge on any atom is 0.344 e. The normalized spacial score (nSPS) is 12.1. The van der Waals surface area contributed by atoms with Crippen molar-refractivity contribution in [2.45, 2.75) is 30.8 Å². The number of halogens is 3. The minimum absolute atomic E-state index is 0.00423. The minimum Gasteiger partial charge on any atom is -0.507 e. The Kier molecular flexibility index (Phi) is 8.42. The van der Waals surface area contributed by atoms with Gasteiger partial charge in [-0.3, -0.25) is 0 Å². The average Bonchev–Trinajstić information content (AvgIpc) is 2.86. The SMILES string of the molecule is CCC(Oc1cc(-c2cc(F)c(F)c(F)c2)ccc1CCNS(=O)(=O)c1cc(C#N)ccc1O)C(=O)O. The molecule has 0 aliphatic rings. The van der Waals surface area contributed by atoms with Crippen LogP contribution in [0.3, 0.4) is 0 Å². The molecule has 0 spiro atoms. The minimum atomic E-state index is -4.22. The van der Waals surface area contributed by atoms with Crippen LogP contribution in [0.25, 0.3) is 11.1 Å². The topological polar surface area (TPSA) is 137 Å². The molecule has 0 heterocycles. The number of aromatic hydroxyl groups is 1. The van der Waals surface area contributed by atoms with Gasteiger partial charge in [0.25, 0.3) is 0 Å². The third kappa shape index (κ3) is 6.38. The predicted molar refractivity (Wildman–Crippen MR) is 126 cm³/mol. The Balaban J connectivity index is 1.90. The fourth-order valence-corrected chi connectivity index (χ4v) is 4.58. The standard InChI is InChI=1S/C25H21F3N2O6S/c1-2-21(25(32)33)36-22-12-16(17-10-18(26)24(28)19(27)11-17)5-4-15(22)7-8-30-37(34,35)23-9-14(13-29)3-6-20(23)31/h3-6,9-12,21,30-31H,2,7-8H2,1H3,(H,32,33). The lowest BCUT2D eigenvalue weighted by Crippen LogP contribution is -2.28. The number of nitrogens with one attached hydrogen (secondary N) is 1. The molecule has 0 saturated carbocycles. The fourth-order valence-electron chi connectivity index (χ4n) is 3.43. The van der Waals surface area contributed by atoms with Crippen LogP contribution in [0, 0.1) is 28.8 Å². The van der Waals surface area contributed by atoms with Gasteiger partial charge in [-0.25, -0.2) is 31.1 Å². The van der Waals surface area contributed by atoms with Crippen LogP contribution in [0.15, 0.2) is 53.4 Å². The molecule has 3 N–H and O–H groups in total. The Labute approximate surface area is 210 Å². The second-order valence-corrected chi connectivity index (χ2v) is 9.61. The number of nitrogens with zero attached hydrogens (tertiary/aromatic N) is 1. The van der Waals surface area contributed by atoms with E-state index in [4.69, 9.17) is 10.00 Å². The van der Waals surface area contributed by atoms with E-state index in [2.05, 4.69) is 4.72 Å². The van der Waals surface area contributed by atoms with Crippen molar-refractivity contribution < 1.29 is 41.3 Å². The van der Waals surface area contributed by atoms with Gasteiger partial charge in [0.1, 0.15) is 16.4 Å². The third-order valence-corrected chi connectivity index (χ3v) is 6.85. The Bertz CT molecular complexity index is 1470. The summed E-state index contributed by atoms with van der Waals surface area (Å²) in [6, 6.07) is 10.9. The van der Waals surface area contributed by atoms with Gasteiger partial charge in [0.2, 0.25) is 10.0 Å². The Morgan fingerprint density at radius 3 is 2.35 bits per heavy atom.